The van der Waals surface area contributed by atoms with Crippen molar-refractivity contribution < 1.29 is 14.6 Å². The number of carbonyl (C=O) groups is 1. The van der Waals surface area contributed by atoms with E-state index in [1.54, 1.807) is 4.90 Å². The lowest BCUT2D eigenvalue weighted by Gasteiger charge is -2.26. The van der Waals surface area contributed by atoms with Gasteiger partial charge in [0.25, 0.3) is 0 Å². The summed E-state index contributed by atoms with van der Waals surface area (Å²) in [7, 11) is 1.82. The summed E-state index contributed by atoms with van der Waals surface area (Å²) in [6.07, 6.45) is 0.220. The first-order valence-electron chi connectivity index (χ1n) is 7.30. The van der Waals surface area contributed by atoms with Crippen LogP contribution in [0.3, 0.4) is 0 Å². The van der Waals surface area contributed by atoms with Gasteiger partial charge in [-0.1, -0.05) is 0 Å². The minimum Gasteiger partial charge on any atom is -0.389 e. The fraction of sp³-hybridized carbons (Fsp3) is 0.500. The summed E-state index contributed by atoms with van der Waals surface area (Å²) in [6.45, 7) is 2.26. The number of ether oxygens (including phenoxy) is 1. The number of nitrogens with one attached hydrogen (secondary N) is 1. The fourth-order valence-electron chi connectivity index (χ4n) is 2.35. The maximum absolute atomic E-state index is 12.5. The van der Waals surface area contributed by atoms with Gasteiger partial charge in [-0.25, -0.2) is 9.97 Å². The largest absolute Gasteiger partial charge is 0.389 e. The highest BCUT2D eigenvalue weighted by Crippen LogP contribution is 2.33. The van der Waals surface area contributed by atoms with Crippen LogP contribution in [-0.2, 0) is 22.6 Å². The Kier molecular flexibility index (Phi) is 5.21. The Labute approximate surface area is 142 Å². The van der Waals surface area contributed by atoms with Gasteiger partial charge in [0.1, 0.15) is 5.01 Å². The highest BCUT2D eigenvalue weighted by molar-refractivity contribution is 7.16. The van der Waals surface area contributed by atoms with Crippen LogP contribution in [-0.4, -0.2) is 59.2 Å². The monoisotopic (exact) mass is 354 g/mol. The summed E-state index contributed by atoms with van der Waals surface area (Å²) in [5.41, 5.74) is 1.48. The first-order valence-corrected chi connectivity index (χ1v) is 8.99. The van der Waals surface area contributed by atoms with Crippen molar-refractivity contribution in [2.24, 2.45) is 0 Å². The van der Waals surface area contributed by atoms with Crippen LogP contribution in [0.2, 0.25) is 0 Å². The molecule has 3 rings (SSSR count). The number of aromatic nitrogens is 2. The van der Waals surface area contributed by atoms with E-state index in [-0.39, 0.29) is 18.9 Å². The summed E-state index contributed by atoms with van der Waals surface area (Å²) >= 11 is 2.88. The lowest BCUT2D eigenvalue weighted by molar-refractivity contribution is -0.134. The van der Waals surface area contributed by atoms with E-state index in [2.05, 4.69) is 15.3 Å². The van der Waals surface area contributed by atoms with Crippen molar-refractivity contribution in [3.05, 3.63) is 16.1 Å². The molecule has 2 aromatic rings. The number of rotatable bonds is 5. The Morgan fingerprint density at radius 3 is 2.87 bits per heavy atom. The molecule has 0 saturated carbocycles. The van der Waals surface area contributed by atoms with Crippen molar-refractivity contribution >= 4 is 33.7 Å². The topological polar surface area (TPSA) is 87.6 Å². The zero-order chi connectivity index (χ0) is 16.2. The highest BCUT2D eigenvalue weighted by atomic mass is 32.1. The summed E-state index contributed by atoms with van der Waals surface area (Å²) in [4.78, 5) is 24.0. The lowest BCUT2D eigenvalue weighted by Crippen LogP contribution is -2.41. The molecule has 0 unspecified atom stereocenters. The molecule has 1 fully saturated rings. The van der Waals surface area contributed by atoms with Crippen molar-refractivity contribution in [3.8, 4) is 10.6 Å². The van der Waals surface area contributed by atoms with Crippen molar-refractivity contribution in [2.75, 3.05) is 38.7 Å². The number of amides is 1. The van der Waals surface area contributed by atoms with Crippen LogP contribution < -0.4 is 5.32 Å². The molecule has 7 nitrogen and oxygen atoms in total. The number of hydrogen-bond donors (Lipinski definition) is 2. The molecule has 1 aliphatic heterocycles. The molecule has 3 heterocycles. The van der Waals surface area contributed by atoms with Crippen LogP contribution >= 0.6 is 22.7 Å². The van der Waals surface area contributed by atoms with Crippen molar-refractivity contribution in [3.63, 3.8) is 0 Å². The van der Waals surface area contributed by atoms with Gasteiger partial charge in [0.2, 0.25) is 5.91 Å². The summed E-state index contributed by atoms with van der Waals surface area (Å²) in [5.74, 6) is 0.0356. The summed E-state index contributed by atoms with van der Waals surface area (Å²) < 4.78 is 5.27. The van der Waals surface area contributed by atoms with Gasteiger partial charge in [0.05, 0.1) is 42.5 Å². The minimum absolute atomic E-state index is 0.0356. The second-order valence-corrected chi connectivity index (χ2v) is 6.94. The van der Waals surface area contributed by atoms with E-state index in [1.165, 1.54) is 22.7 Å². The Morgan fingerprint density at radius 2 is 2.22 bits per heavy atom. The highest BCUT2D eigenvalue weighted by Gasteiger charge is 2.22. The average molecular weight is 354 g/mol. The van der Waals surface area contributed by atoms with Crippen molar-refractivity contribution in [1.82, 2.24) is 14.9 Å². The number of thiazole rings is 2. The Balaban J connectivity index is 1.82. The molecule has 0 aliphatic carbocycles. The fourth-order valence-corrected chi connectivity index (χ4v) is 3.99. The number of aliphatic hydroxyl groups is 1. The SMILES string of the molecule is CNc1nc(-c2sc(CO)nc2CC(=O)N2CCOCC2)cs1. The van der Waals surface area contributed by atoms with Crippen molar-refractivity contribution in [1.29, 1.82) is 0 Å². The molecular weight excluding hydrogens is 336 g/mol. The average Bonchev–Trinajstić information content (AvgIpc) is 3.21. The van der Waals surface area contributed by atoms with Gasteiger partial charge >= 0.3 is 0 Å². The Morgan fingerprint density at radius 1 is 1.43 bits per heavy atom. The molecule has 1 aliphatic rings. The van der Waals surface area contributed by atoms with Crippen LogP contribution in [0, 0.1) is 0 Å². The Bertz CT molecular complexity index is 679. The second-order valence-electron chi connectivity index (χ2n) is 5.00. The van der Waals surface area contributed by atoms with Gasteiger partial charge in [-0.05, 0) is 0 Å². The lowest BCUT2D eigenvalue weighted by atomic mass is 10.2. The molecule has 9 heteroatoms. The molecule has 124 valence electrons. The van der Waals surface area contributed by atoms with Gasteiger partial charge in [-0.2, -0.15) is 0 Å². The van der Waals surface area contributed by atoms with Gasteiger partial charge < -0.3 is 20.1 Å². The number of aliphatic hydroxyl groups excluding tert-OH is 1. The number of nitrogens with zero attached hydrogens (tertiary/aromatic N) is 3. The van der Waals surface area contributed by atoms with E-state index in [9.17, 15) is 9.90 Å². The number of anilines is 1. The van der Waals surface area contributed by atoms with Crippen LogP contribution in [0.1, 0.15) is 10.7 Å². The molecular formula is C14H18N4O3S2. The normalized spacial score (nSPS) is 15.0. The number of carbonyl (C=O) groups excluding carboxylic acids is 1. The summed E-state index contributed by atoms with van der Waals surface area (Å²) in [5, 5.41) is 15.7. The number of morpholine rings is 1. The molecule has 0 bridgehead atoms. The first kappa shape index (κ1) is 16.3. The van der Waals surface area contributed by atoms with Crippen LogP contribution in [0.15, 0.2) is 5.38 Å². The van der Waals surface area contributed by atoms with Gasteiger partial charge in [-0.15, -0.1) is 22.7 Å². The standard InChI is InChI=1S/C14H18N4O3S2/c1-15-14-17-10(8-22-14)13-9(16-11(7-19)23-13)6-12(20)18-2-4-21-5-3-18/h8,19H,2-7H2,1H3,(H,15,17). The van der Waals surface area contributed by atoms with E-state index in [4.69, 9.17) is 4.74 Å². The molecule has 2 N–H and O–H groups in total. The molecule has 0 aromatic carbocycles. The van der Waals surface area contributed by atoms with E-state index in [0.717, 1.165) is 15.7 Å². The van der Waals surface area contributed by atoms with Gasteiger partial charge in [-0.3, -0.25) is 4.79 Å². The molecule has 0 spiro atoms. The van der Waals surface area contributed by atoms with E-state index in [0.29, 0.717) is 37.0 Å². The third-order valence-corrected chi connectivity index (χ3v) is 5.47. The van der Waals surface area contributed by atoms with Crippen LogP contribution in [0.25, 0.3) is 10.6 Å². The predicted octanol–water partition coefficient (Wildman–Crippen LogP) is 1.20. The third-order valence-electron chi connectivity index (χ3n) is 3.51. The maximum atomic E-state index is 12.5. The second kappa shape index (κ2) is 7.35. The molecule has 0 atom stereocenters. The van der Waals surface area contributed by atoms with Crippen molar-refractivity contribution in [2.45, 2.75) is 13.0 Å². The molecule has 23 heavy (non-hydrogen) atoms. The number of hydrogen-bond acceptors (Lipinski definition) is 8. The molecule has 1 amide bonds. The van der Waals surface area contributed by atoms with E-state index in [1.807, 2.05) is 12.4 Å². The zero-order valence-electron chi connectivity index (χ0n) is 12.7. The molecule has 1 saturated heterocycles. The van der Waals surface area contributed by atoms with E-state index >= 15 is 0 Å². The smallest absolute Gasteiger partial charge is 0.228 e. The summed E-state index contributed by atoms with van der Waals surface area (Å²) in [6, 6.07) is 0. The zero-order valence-corrected chi connectivity index (χ0v) is 14.4. The van der Waals surface area contributed by atoms with Crippen LogP contribution in [0.4, 0.5) is 5.13 Å². The van der Waals surface area contributed by atoms with E-state index < -0.39 is 0 Å². The quantitative estimate of drug-likeness (QED) is 0.839. The maximum Gasteiger partial charge on any atom is 0.228 e. The molecule has 0 radical (unpaired) electrons. The Hall–Kier alpha value is -1.55. The van der Waals surface area contributed by atoms with Crippen LogP contribution in [0.5, 0.6) is 0 Å². The third kappa shape index (κ3) is 3.69. The van der Waals surface area contributed by atoms with Gasteiger partial charge in [0.15, 0.2) is 5.13 Å². The minimum atomic E-state index is -0.133. The molecule has 2 aromatic heterocycles. The van der Waals surface area contributed by atoms with Gasteiger partial charge in [0, 0.05) is 25.5 Å². The predicted molar refractivity (Wildman–Crippen MR) is 89.8 cm³/mol. The first-order chi connectivity index (χ1) is 11.2.